The van der Waals surface area contributed by atoms with Crippen molar-refractivity contribution in [3.63, 3.8) is 0 Å². The summed E-state index contributed by atoms with van der Waals surface area (Å²) in [5.74, 6) is 0. The molecule has 0 spiro atoms. The summed E-state index contributed by atoms with van der Waals surface area (Å²) in [5, 5.41) is 3.23. The van der Waals surface area contributed by atoms with Gasteiger partial charge in [-0.1, -0.05) is 47.5 Å². The fraction of sp³-hybridized carbons (Fsp3) is 0.316. The molecule has 5 heteroatoms. The van der Waals surface area contributed by atoms with Gasteiger partial charge in [-0.25, -0.2) is 4.79 Å². The summed E-state index contributed by atoms with van der Waals surface area (Å²) in [7, 11) is 1.33. The third kappa shape index (κ3) is 5.25. The van der Waals surface area contributed by atoms with Gasteiger partial charge in [0.2, 0.25) is 0 Å². The molecular formula is C19H22ClNO3. The SMILES string of the molecule is COC(=O)NCc1cc(C(C)OCc2cccc(C)c2)ccc1Cl. The summed E-state index contributed by atoms with van der Waals surface area (Å²) in [6.07, 6.45) is -0.570. The van der Waals surface area contributed by atoms with Crippen molar-refractivity contribution in [1.82, 2.24) is 5.32 Å². The number of benzene rings is 2. The Kier molecular flexibility index (Phi) is 6.64. The second kappa shape index (κ2) is 8.71. The normalized spacial score (nSPS) is 11.8. The first-order valence-corrected chi connectivity index (χ1v) is 8.14. The van der Waals surface area contributed by atoms with Crippen LogP contribution in [0.5, 0.6) is 0 Å². The van der Waals surface area contributed by atoms with Gasteiger partial charge in [-0.05, 0) is 42.7 Å². The maximum atomic E-state index is 11.2. The minimum absolute atomic E-state index is 0.0837. The van der Waals surface area contributed by atoms with E-state index in [0.29, 0.717) is 18.2 Å². The highest BCUT2D eigenvalue weighted by Crippen LogP contribution is 2.24. The molecule has 0 radical (unpaired) electrons. The Morgan fingerprint density at radius 2 is 2.04 bits per heavy atom. The van der Waals surface area contributed by atoms with Gasteiger partial charge >= 0.3 is 6.09 Å². The van der Waals surface area contributed by atoms with Gasteiger partial charge in [-0.2, -0.15) is 0 Å². The molecule has 2 rings (SSSR count). The van der Waals surface area contributed by atoms with Crippen molar-refractivity contribution in [3.05, 3.63) is 69.7 Å². The van der Waals surface area contributed by atoms with E-state index in [2.05, 4.69) is 29.1 Å². The van der Waals surface area contributed by atoms with Crippen LogP contribution in [0.3, 0.4) is 0 Å². The van der Waals surface area contributed by atoms with Gasteiger partial charge in [0, 0.05) is 11.6 Å². The van der Waals surface area contributed by atoms with Crippen molar-refractivity contribution < 1.29 is 14.3 Å². The number of halogens is 1. The second-order valence-corrected chi connectivity index (χ2v) is 6.05. The molecule has 0 aromatic heterocycles. The summed E-state index contributed by atoms with van der Waals surface area (Å²) in [6, 6.07) is 13.9. The Labute approximate surface area is 147 Å². The van der Waals surface area contributed by atoms with Gasteiger partial charge in [-0.15, -0.1) is 0 Å². The standard InChI is InChI=1S/C19H22ClNO3/c1-13-5-4-6-15(9-13)12-24-14(2)16-7-8-18(20)17(10-16)11-21-19(22)23-3/h4-10,14H,11-12H2,1-3H3,(H,21,22). The first-order chi connectivity index (χ1) is 11.5. The van der Waals surface area contributed by atoms with E-state index in [0.717, 1.165) is 16.7 Å². The topological polar surface area (TPSA) is 47.6 Å². The minimum atomic E-state index is -0.486. The third-order valence-electron chi connectivity index (χ3n) is 3.73. The smallest absolute Gasteiger partial charge is 0.407 e. The van der Waals surface area contributed by atoms with Crippen molar-refractivity contribution in [2.45, 2.75) is 33.1 Å². The van der Waals surface area contributed by atoms with Crippen LogP contribution in [0.1, 0.15) is 35.3 Å². The Morgan fingerprint density at radius 3 is 2.75 bits per heavy atom. The van der Waals surface area contributed by atoms with E-state index in [1.807, 2.05) is 37.3 Å². The average molecular weight is 348 g/mol. The van der Waals surface area contributed by atoms with Crippen molar-refractivity contribution >= 4 is 17.7 Å². The van der Waals surface area contributed by atoms with Crippen LogP contribution in [0.2, 0.25) is 5.02 Å². The van der Waals surface area contributed by atoms with Crippen LogP contribution in [0.4, 0.5) is 4.79 Å². The van der Waals surface area contributed by atoms with Gasteiger partial charge in [0.25, 0.3) is 0 Å². The van der Waals surface area contributed by atoms with E-state index < -0.39 is 6.09 Å². The lowest BCUT2D eigenvalue weighted by atomic mass is 10.1. The summed E-state index contributed by atoms with van der Waals surface area (Å²) in [4.78, 5) is 11.2. The van der Waals surface area contributed by atoms with Crippen molar-refractivity contribution in [2.24, 2.45) is 0 Å². The number of ether oxygens (including phenoxy) is 2. The fourth-order valence-corrected chi connectivity index (χ4v) is 2.53. The Morgan fingerprint density at radius 1 is 1.25 bits per heavy atom. The molecule has 0 saturated heterocycles. The molecule has 24 heavy (non-hydrogen) atoms. The summed E-state index contributed by atoms with van der Waals surface area (Å²) in [5.41, 5.74) is 4.19. The van der Waals surface area contributed by atoms with Crippen LogP contribution in [-0.2, 0) is 22.6 Å². The molecule has 0 bridgehead atoms. The minimum Gasteiger partial charge on any atom is -0.453 e. The first-order valence-electron chi connectivity index (χ1n) is 7.77. The molecule has 128 valence electrons. The second-order valence-electron chi connectivity index (χ2n) is 5.64. The number of aryl methyl sites for hydroxylation is 1. The zero-order valence-electron chi connectivity index (χ0n) is 14.1. The van der Waals surface area contributed by atoms with Crippen molar-refractivity contribution in [2.75, 3.05) is 7.11 Å². The van der Waals surface area contributed by atoms with Crippen molar-refractivity contribution in [1.29, 1.82) is 0 Å². The van der Waals surface area contributed by atoms with Crippen LogP contribution < -0.4 is 5.32 Å². The number of amides is 1. The molecule has 4 nitrogen and oxygen atoms in total. The molecule has 0 aliphatic heterocycles. The number of alkyl carbamates (subject to hydrolysis) is 1. The monoisotopic (exact) mass is 347 g/mol. The number of rotatable bonds is 6. The highest BCUT2D eigenvalue weighted by Gasteiger charge is 2.10. The van der Waals surface area contributed by atoms with E-state index in [4.69, 9.17) is 16.3 Å². The maximum absolute atomic E-state index is 11.2. The van der Waals surface area contributed by atoms with E-state index in [1.165, 1.54) is 12.7 Å². The zero-order chi connectivity index (χ0) is 17.5. The zero-order valence-corrected chi connectivity index (χ0v) is 14.9. The molecule has 1 atom stereocenters. The highest BCUT2D eigenvalue weighted by atomic mass is 35.5. The lowest BCUT2D eigenvalue weighted by Gasteiger charge is -2.16. The van der Waals surface area contributed by atoms with E-state index in [9.17, 15) is 4.79 Å². The summed E-state index contributed by atoms with van der Waals surface area (Å²) >= 11 is 6.18. The van der Waals surface area contributed by atoms with Gasteiger partial charge in [-0.3, -0.25) is 0 Å². The Balaban J connectivity index is 2.00. The van der Waals surface area contributed by atoms with Gasteiger partial charge < -0.3 is 14.8 Å². The van der Waals surface area contributed by atoms with E-state index in [-0.39, 0.29) is 6.10 Å². The number of nitrogens with one attached hydrogen (secondary N) is 1. The molecule has 0 fully saturated rings. The van der Waals surface area contributed by atoms with Crippen LogP contribution in [0.15, 0.2) is 42.5 Å². The van der Waals surface area contributed by atoms with Crippen LogP contribution in [0.25, 0.3) is 0 Å². The predicted molar refractivity (Wildman–Crippen MR) is 95.1 cm³/mol. The molecule has 0 heterocycles. The molecule has 1 amide bonds. The van der Waals surface area contributed by atoms with Gasteiger partial charge in [0.1, 0.15) is 0 Å². The lowest BCUT2D eigenvalue weighted by Crippen LogP contribution is -2.22. The Bertz CT molecular complexity index is 703. The molecule has 2 aromatic rings. The largest absolute Gasteiger partial charge is 0.453 e. The highest BCUT2D eigenvalue weighted by molar-refractivity contribution is 6.31. The first kappa shape index (κ1) is 18.3. The van der Waals surface area contributed by atoms with E-state index >= 15 is 0 Å². The van der Waals surface area contributed by atoms with Crippen LogP contribution >= 0.6 is 11.6 Å². The lowest BCUT2D eigenvalue weighted by molar-refractivity contribution is 0.0525. The van der Waals surface area contributed by atoms with Gasteiger partial charge in [0.05, 0.1) is 19.8 Å². The molecule has 0 aliphatic carbocycles. The van der Waals surface area contributed by atoms with Crippen molar-refractivity contribution in [3.8, 4) is 0 Å². The molecule has 2 aromatic carbocycles. The fourth-order valence-electron chi connectivity index (χ4n) is 2.34. The predicted octanol–water partition coefficient (Wildman–Crippen LogP) is 4.78. The maximum Gasteiger partial charge on any atom is 0.407 e. The van der Waals surface area contributed by atoms with Crippen LogP contribution in [-0.4, -0.2) is 13.2 Å². The summed E-state index contributed by atoms with van der Waals surface area (Å²) in [6.45, 7) is 4.91. The molecule has 1 unspecified atom stereocenters. The average Bonchev–Trinajstić information content (AvgIpc) is 2.58. The number of hydrogen-bond acceptors (Lipinski definition) is 3. The molecule has 0 aliphatic rings. The van der Waals surface area contributed by atoms with E-state index in [1.54, 1.807) is 0 Å². The quantitative estimate of drug-likeness (QED) is 0.817. The molecular weight excluding hydrogens is 326 g/mol. The molecule has 0 saturated carbocycles. The third-order valence-corrected chi connectivity index (χ3v) is 4.10. The number of methoxy groups -OCH3 is 1. The van der Waals surface area contributed by atoms with Crippen LogP contribution in [0, 0.1) is 6.92 Å². The number of hydrogen-bond donors (Lipinski definition) is 1. The molecule has 1 N–H and O–H groups in total. The van der Waals surface area contributed by atoms with Gasteiger partial charge in [0.15, 0.2) is 0 Å². The Hall–Kier alpha value is -2.04. The number of carbonyl (C=O) groups is 1. The number of carbonyl (C=O) groups excluding carboxylic acids is 1. The summed E-state index contributed by atoms with van der Waals surface area (Å²) < 4.78 is 10.5.